The maximum atomic E-state index is 11.9. The molecule has 1 aromatic carbocycles. The largest absolute Gasteiger partial charge is 0.444 e. The van der Waals surface area contributed by atoms with Crippen molar-refractivity contribution in [3.8, 4) is 6.07 Å². The fourth-order valence-corrected chi connectivity index (χ4v) is 2.45. The number of rotatable bonds is 3. The third-order valence-electron chi connectivity index (χ3n) is 3.28. The summed E-state index contributed by atoms with van der Waals surface area (Å²) in [4.78, 5) is 13.5. The van der Waals surface area contributed by atoms with Crippen molar-refractivity contribution in [2.24, 2.45) is 0 Å². The van der Waals surface area contributed by atoms with Crippen LogP contribution in [0.15, 0.2) is 24.3 Å². The van der Waals surface area contributed by atoms with Gasteiger partial charge in [0, 0.05) is 29.7 Å². The predicted octanol–water partition coefficient (Wildman–Crippen LogP) is 3.11. The Morgan fingerprint density at radius 2 is 2.09 bits per heavy atom. The van der Waals surface area contributed by atoms with Crippen LogP contribution in [0.4, 0.5) is 4.79 Å². The lowest BCUT2D eigenvalue weighted by atomic mass is 10.0. The van der Waals surface area contributed by atoms with Crippen LogP contribution in [-0.4, -0.2) is 35.7 Å². The summed E-state index contributed by atoms with van der Waals surface area (Å²) in [5.41, 5.74) is 0.255. The molecule has 0 aliphatic carbocycles. The summed E-state index contributed by atoms with van der Waals surface area (Å²) in [5, 5.41) is 13.1. The normalized spacial score (nSPS) is 16.6. The Hall–Kier alpha value is -1.77. The van der Waals surface area contributed by atoms with E-state index in [1.165, 1.54) is 0 Å². The van der Waals surface area contributed by atoms with Crippen molar-refractivity contribution in [1.29, 1.82) is 5.26 Å². The summed E-state index contributed by atoms with van der Waals surface area (Å²) in [6.45, 7) is 6.56. The molecule has 118 valence electrons. The van der Waals surface area contributed by atoms with Gasteiger partial charge < -0.3 is 9.64 Å². The molecule has 6 heteroatoms. The van der Waals surface area contributed by atoms with E-state index in [1.54, 1.807) is 11.0 Å². The molecule has 1 heterocycles. The number of hydrogen-bond donors (Lipinski definition) is 1. The molecule has 22 heavy (non-hydrogen) atoms. The van der Waals surface area contributed by atoms with Gasteiger partial charge in [-0.25, -0.2) is 4.79 Å². The molecular weight excluding hydrogens is 302 g/mol. The van der Waals surface area contributed by atoms with Crippen LogP contribution in [0.2, 0.25) is 5.02 Å². The molecule has 1 aliphatic heterocycles. The number of ether oxygens (including phenoxy) is 1. The lowest BCUT2D eigenvalue weighted by Crippen LogP contribution is -2.60. The van der Waals surface area contributed by atoms with Gasteiger partial charge in [-0.15, -0.1) is 0 Å². The molecule has 0 radical (unpaired) electrons. The van der Waals surface area contributed by atoms with Crippen molar-refractivity contribution in [3.05, 3.63) is 34.9 Å². The third kappa shape index (κ3) is 4.12. The molecule has 0 unspecified atom stereocenters. The minimum absolute atomic E-state index is 0.0634. The van der Waals surface area contributed by atoms with Crippen molar-refractivity contribution < 1.29 is 9.53 Å². The average Bonchev–Trinajstić information content (AvgIpc) is 2.36. The van der Waals surface area contributed by atoms with Gasteiger partial charge in [0.1, 0.15) is 11.6 Å². The number of nitrogens with zero attached hydrogens (tertiary/aromatic N) is 2. The predicted molar refractivity (Wildman–Crippen MR) is 84.5 cm³/mol. The van der Waals surface area contributed by atoms with E-state index in [-0.39, 0.29) is 12.1 Å². The molecule has 1 amide bonds. The van der Waals surface area contributed by atoms with E-state index in [0.29, 0.717) is 18.1 Å². The van der Waals surface area contributed by atoms with E-state index >= 15 is 0 Å². The van der Waals surface area contributed by atoms with Crippen LogP contribution >= 0.6 is 11.6 Å². The number of amides is 1. The molecule has 1 fully saturated rings. The Morgan fingerprint density at radius 1 is 1.45 bits per heavy atom. The summed E-state index contributed by atoms with van der Waals surface area (Å²) >= 11 is 6.12. The number of benzene rings is 1. The van der Waals surface area contributed by atoms with Crippen LogP contribution in [0, 0.1) is 11.3 Å². The van der Waals surface area contributed by atoms with Gasteiger partial charge in [-0.1, -0.05) is 29.8 Å². The number of carbonyl (C=O) groups excluding carboxylic acids is 1. The molecule has 5 nitrogen and oxygen atoms in total. The third-order valence-corrected chi connectivity index (χ3v) is 3.63. The molecule has 1 aromatic rings. The van der Waals surface area contributed by atoms with Gasteiger partial charge in [0.25, 0.3) is 0 Å². The Bertz CT molecular complexity index is 586. The number of nitriles is 1. The first-order valence-electron chi connectivity index (χ1n) is 7.18. The van der Waals surface area contributed by atoms with Crippen LogP contribution < -0.4 is 5.32 Å². The highest BCUT2D eigenvalue weighted by Crippen LogP contribution is 2.24. The van der Waals surface area contributed by atoms with Gasteiger partial charge >= 0.3 is 6.09 Å². The van der Waals surface area contributed by atoms with Crippen molar-refractivity contribution in [3.63, 3.8) is 0 Å². The Balaban J connectivity index is 1.88. The van der Waals surface area contributed by atoms with E-state index < -0.39 is 11.6 Å². The summed E-state index contributed by atoms with van der Waals surface area (Å²) < 4.78 is 5.30. The van der Waals surface area contributed by atoms with Gasteiger partial charge in [0.15, 0.2) is 0 Å². The molecule has 1 aliphatic rings. The molecule has 1 N–H and O–H groups in total. The van der Waals surface area contributed by atoms with E-state index in [4.69, 9.17) is 16.3 Å². The van der Waals surface area contributed by atoms with Gasteiger partial charge in [-0.05, 0) is 26.8 Å². The minimum atomic E-state index is -0.498. The number of nitrogens with one attached hydrogen (secondary N) is 1. The maximum Gasteiger partial charge on any atom is 0.410 e. The van der Waals surface area contributed by atoms with Gasteiger partial charge in [-0.3, -0.25) is 5.32 Å². The monoisotopic (exact) mass is 321 g/mol. The first-order valence-corrected chi connectivity index (χ1v) is 7.56. The maximum absolute atomic E-state index is 11.9. The van der Waals surface area contributed by atoms with Crippen molar-refractivity contribution in [1.82, 2.24) is 10.2 Å². The number of likely N-dealkylation sites (tertiary alicyclic amines) is 1. The Morgan fingerprint density at radius 3 is 2.64 bits per heavy atom. The molecule has 2 rings (SSSR count). The summed E-state index contributed by atoms with van der Waals surface area (Å²) in [6.07, 6.45) is -0.322. The molecule has 1 atom stereocenters. The lowest BCUT2D eigenvalue weighted by molar-refractivity contribution is 0.00475. The average molecular weight is 322 g/mol. The van der Waals surface area contributed by atoms with Crippen LogP contribution in [0.5, 0.6) is 0 Å². The number of carbonyl (C=O) groups is 1. The van der Waals surface area contributed by atoms with E-state index in [2.05, 4.69) is 11.4 Å². The zero-order valence-corrected chi connectivity index (χ0v) is 13.7. The molecular formula is C16H20ClN3O2. The number of hydrogen-bond acceptors (Lipinski definition) is 4. The first kappa shape index (κ1) is 16.6. The van der Waals surface area contributed by atoms with E-state index in [0.717, 1.165) is 5.56 Å². The fourth-order valence-electron chi connectivity index (χ4n) is 2.20. The van der Waals surface area contributed by atoms with Crippen LogP contribution in [-0.2, 0) is 4.74 Å². The van der Waals surface area contributed by atoms with Gasteiger partial charge in [0.2, 0.25) is 0 Å². The summed E-state index contributed by atoms with van der Waals surface area (Å²) in [6, 6.07) is 9.05. The molecule has 1 saturated heterocycles. The Labute approximate surface area is 135 Å². The quantitative estimate of drug-likeness (QED) is 0.929. The zero-order valence-electron chi connectivity index (χ0n) is 13.0. The first-order chi connectivity index (χ1) is 10.3. The summed E-state index contributed by atoms with van der Waals surface area (Å²) in [5.74, 6) is 0. The highest BCUT2D eigenvalue weighted by atomic mass is 35.5. The molecule has 0 aromatic heterocycles. The van der Waals surface area contributed by atoms with Crippen molar-refractivity contribution in [2.45, 2.75) is 38.5 Å². The topological polar surface area (TPSA) is 65.4 Å². The van der Waals surface area contributed by atoms with E-state index in [1.807, 2.05) is 39.0 Å². The standard InChI is InChI=1S/C16H20ClN3O2/c1-16(2,3)22-15(21)20-9-11(10-20)19-14(8-18)12-6-4-5-7-13(12)17/h4-7,11,14,19H,9-10H2,1-3H3/t14-/m0/s1. The van der Waals surface area contributed by atoms with Crippen molar-refractivity contribution in [2.75, 3.05) is 13.1 Å². The fraction of sp³-hybridized carbons (Fsp3) is 0.500. The smallest absolute Gasteiger partial charge is 0.410 e. The minimum Gasteiger partial charge on any atom is -0.444 e. The number of halogens is 1. The second-order valence-corrected chi connectivity index (χ2v) is 6.74. The van der Waals surface area contributed by atoms with E-state index in [9.17, 15) is 10.1 Å². The molecule has 0 saturated carbocycles. The summed E-state index contributed by atoms with van der Waals surface area (Å²) in [7, 11) is 0. The SMILES string of the molecule is CC(C)(C)OC(=O)N1CC(N[C@@H](C#N)c2ccccc2Cl)C1. The zero-order chi connectivity index (χ0) is 16.3. The highest BCUT2D eigenvalue weighted by molar-refractivity contribution is 6.31. The molecule has 0 spiro atoms. The van der Waals surface area contributed by atoms with Gasteiger partial charge in [0.05, 0.1) is 6.07 Å². The van der Waals surface area contributed by atoms with Gasteiger partial charge in [-0.2, -0.15) is 5.26 Å². The molecule has 0 bridgehead atoms. The van der Waals surface area contributed by atoms with Crippen molar-refractivity contribution >= 4 is 17.7 Å². The Kier molecular flexibility index (Phi) is 4.94. The van der Waals surface area contributed by atoms with Crippen LogP contribution in [0.3, 0.4) is 0 Å². The van der Waals surface area contributed by atoms with Crippen LogP contribution in [0.25, 0.3) is 0 Å². The lowest BCUT2D eigenvalue weighted by Gasteiger charge is -2.41. The second kappa shape index (κ2) is 6.55. The van der Waals surface area contributed by atoms with Crippen LogP contribution in [0.1, 0.15) is 32.4 Å². The highest BCUT2D eigenvalue weighted by Gasteiger charge is 2.35. The second-order valence-electron chi connectivity index (χ2n) is 6.33.